The predicted molar refractivity (Wildman–Crippen MR) is 86.4 cm³/mol. The van der Waals surface area contributed by atoms with E-state index < -0.39 is 28.8 Å². The molecule has 132 valence electrons. The molecule has 25 heavy (non-hydrogen) atoms. The summed E-state index contributed by atoms with van der Waals surface area (Å²) in [5.74, 6) is -2.92. The van der Waals surface area contributed by atoms with Crippen LogP contribution < -0.4 is 5.32 Å². The minimum Gasteiger partial charge on any atom is -0.481 e. The van der Waals surface area contributed by atoms with E-state index >= 15 is 0 Å². The van der Waals surface area contributed by atoms with E-state index in [1.165, 1.54) is 24.3 Å². The molecule has 0 radical (unpaired) electrons. The second-order valence-electron chi connectivity index (χ2n) is 6.45. The molecule has 2 bridgehead atoms. The lowest BCUT2D eigenvalue weighted by molar-refractivity contribution is -0.384. The molecular formula is C17H18N2O6. The first kappa shape index (κ1) is 17.1. The van der Waals surface area contributed by atoms with Crippen molar-refractivity contribution < 1.29 is 24.7 Å². The fourth-order valence-electron chi connectivity index (χ4n) is 3.77. The van der Waals surface area contributed by atoms with Crippen molar-refractivity contribution in [2.75, 3.05) is 6.54 Å². The van der Waals surface area contributed by atoms with Crippen molar-refractivity contribution in [2.45, 2.75) is 12.5 Å². The molecule has 1 aromatic carbocycles. The van der Waals surface area contributed by atoms with Crippen LogP contribution in [0.4, 0.5) is 5.69 Å². The maximum absolute atomic E-state index is 12.4. The molecule has 5 atom stereocenters. The molecule has 0 aromatic heterocycles. The van der Waals surface area contributed by atoms with Gasteiger partial charge >= 0.3 is 5.97 Å². The number of carbonyl (C=O) groups is 2. The first-order chi connectivity index (χ1) is 11.9. The highest BCUT2D eigenvalue weighted by atomic mass is 16.6. The molecule has 8 heteroatoms. The van der Waals surface area contributed by atoms with E-state index in [1.54, 1.807) is 0 Å². The Labute approximate surface area is 143 Å². The number of amides is 1. The molecule has 0 spiro atoms. The quantitative estimate of drug-likeness (QED) is 0.404. The number of aliphatic carboxylic acids is 1. The van der Waals surface area contributed by atoms with Gasteiger partial charge in [-0.15, -0.1) is 0 Å². The summed E-state index contributed by atoms with van der Waals surface area (Å²) in [5.41, 5.74) is 0.353. The third-order valence-electron chi connectivity index (χ3n) is 5.01. The van der Waals surface area contributed by atoms with Crippen molar-refractivity contribution in [3.8, 4) is 0 Å². The highest BCUT2D eigenvalue weighted by Crippen LogP contribution is 2.48. The largest absolute Gasteiger partial charge is 0.481 e. The number of nitro benzene ring substituents is 1. The first-order valence-corrected chi connectivity index (χ1v) is 7.99. The molecule has 5 unspecified atom stereocenters. The molecule has 8 nitrogen and oxygen atoms in total. The van der Waals surface area contributed by atoms with E-state index in [9.17, 15) is 29.9 Å². The minimum atomic E-state index is -1.03. The van der Waals surface area contributed by atoms with Crippen LogP contribution in [0.5, 0.6) is 0 Å². The number of rotatable bonds is 6. The summed E-state index contributed by atoms with van der Waals surface area (Å²) in [6.07, 6.45) is 3.39. The first-order valence-electron chi connectivity index (χ1n) is 7.99. The number of hydrogen-bond donors (Lipinski definition) is 3. The average molecular weight is 346 g/mol. The number of carboxylic acids is 1. The Morgan fingerprint density at radius 1 is 1.20 bits per heavy atom. The zero-order valence-electron chi connectivity index (χ0n) is 13.2. The van der Waals surface area contributed by atoms with E-state index in [-0.39, 0.29) is 30.0 Å². The van der Waals surface area contributed by atoms with Gasteiger partial charge in [0.05, 0.1) is 22.9 Å². The van der Waals surface area contributed by atoms with Crippen LogP contribution in [0.25, 0.3) is 0 Å². The predicted octanol–water partition coefficient (Wildman–Crippen LogP) is 1.27. The lowest BCUT2D eigenvalue weighted by Gasteiger charge is -2.24. The number of carbonyl (C=O) groups excluding carboxylic acids is 1. The molecule has 1 aromatic rings. The minimum absolute atomic E-state index is 0.0809. The van der Waals surface area contributed by atoms with E-state index in [4.69, 9.17) is 0 Å². The normalized spacial score (nSPS) is 27.9. The maximum Gasteiger partial charge on any atom is 0.307 e. The third kappa shape index (κ3) is 3.25. The number of nitrogens with one attached hydrogen (secondary N) is 1. The van der Waals surface area contributed by atoms with Gasteiger partial charge in [-0.25, -0.2) is 0 Å². The van der Waals surface area contributed by atoms with Crippen LogP contribution in [0.2, 0.25) is 0 Å². The summed E-state index contributed by atoms with van der Waals surface area (Å²) >= 11 is 0. The number of benzene rings is 1. The zero-order valence-corrected chi connectivity index (χ0v) is 13.2. The van der Waals surface area contributed by atoms with Gasteiger partial charge in [0, 0.05) is 18.7 Å². The van der Waals surface area contributed by atoms with Gasteiger partial charge in [0.1, 0.15) is 0 Å². The number of carboxylic acid groups (broad SMARTS) is 1. The monoisotopic (exact) mass is 346 g/mol. The van der Waals surface area contributed by atoms with Crippen LogP contribution in [0.15, 0.2) is 36.4 Å². The van der Waals surface area contributed by atoms with E-state index in [1.807, 2.05) is 12.2 Å². The van der Waals surface area contributed by atoms with E-state index in [0.717, 1.165) is 0 Å². The molecule has 1 saturated carbocycles. The summed E-state index contributed by atoms with van der Waals surface area (Å²) in [4.78, 5) is 33.9. The lowest BCUT2D eigenvalue weighted by Crippen LogP contribution is -2.41. The van der Waals surface area contributed by atoms with Crippen LogP contribution >= 0.6 is 0 Å². The number of fused-ring (bicyclic) bond motifs is 2. The van der Waals surface area contributed by atoms with Gasteiger partial charge in [0.2, 0.25) is 5.91 Å². The SMILES string of the molecule is O=C(O)C1C2C=CC(C2)C1C(=O)NCC(O)c1ccc([N+](=O)[O-])cc1. The Morgan fingerprint density at radius 2 is 1.80 bits per heavy atom. The van der Waals surface area contributed by atoms with Gasteiger partial charge in [-0.1, -0.05) is 12.2 Å². The van der Waals surface area contributed by atoms with Gasteiger partial charge in [-0.2, -0.15) is 0 Å². The maximum atomic E-state index is 12.4. The van der Waals surface area contributed by atoms with Gasteiger partial charge in [0.25, 0.3) is 5.69 Å². The smallest absolute Gasteiger partial charge is 0.307 e. The zero-order chi connectivity index (χ0) is 18.1. The summed E-state index contributed by atoms with van der Waals surface area (Å²) in [6, 6.07) is 5.41. The number of non-ortho nitro benzene ring substituents is 1. The molecule has 1 amide bonds. The topological polar surface area (TPSA) is 130 Å². The summed E-state index contributed by atoms with van der Waals surface area (Å²) in [5, 5.41) is 32.7. The van der Waals surface area contributed by atoms with E-state index in [0.29, 0.717) is 12.0 Å². The molecule has 0 heterocycles. The molecule has 1 fully saturated rings. The highest BCUT2D eigenvalue weighted by molar-refractivity contribution is 5.86. The van der Waals surface area contributed by atoms with Gasteiger partial charge < -0.3 is 15.5 Å². The molecule has 2 aliphatic rings. The average Bonchev–Trinajstić information content (AvgIpc) is 3.20. The molecule has 3 N–H and O–H groups in total. The van der Waals surface area contributed by atoms with Crippen molar-refractivity contribution in [3.63, 3.8) is 0 Å². The van der Waals surface area contributed by atoms with Crippen LogP contribution in [0, 0.1) is 33.8 Å². The van der Waals surface area contributed by atoms with E-state index in [2.05, 4.69) is 5.32 Å². The summed E-state index contributed by atoms with van der Waals surface area (Å²) in [6.45, 7) is -0.0828. The van der Waals surface area contributed by atoms with Crippen LogP contribution in [0.3, 0.4) is 0 Å². The van der Waals surface area contributed by atoms with Crippen LogP contribution in [-0.2, 0) is 9.59 Å². The Morgan fingerprint density at radius 3 is 2.36 bits per heavy atom. The Bertz CT molecular complexity index is 729. The molecule has 0 saturated heterocycles. The second kappa shape index (κ2) is 6.64. The van der Waals surface area contributed by atoms with Gasteiger partial charge in [-0.3, -0.25) is 19.7 Å². The molecule has 2 aliphatic carbocycles. The van der Waals surface area contributed by atoms with Crippen molar-refractivity contribution in [2.24, 2.45) is 23.7 Å². The Hall–Kier alpha value is -2.74. The summed E-state index contributed by atoms with van der Waals surface area (Å²) in [7, 11) is 0. The van der Waals surface area contributed by atoms with Crippen molar-refractivity contribution in [1.82, 2.24) is 5.32 Å². The fraction of sp³-hybridized carbons (Fsp3) is 0.412. The van der Waals surface area contributed by atoms with Crippen LogP contribution in [0.1, 0.15) is 18.1 Å². The van der Waals surface area contributed by atoms with Crippen LogP contribution in [-0.4, -0.2) is 33.6 Å². The Balaban J connectivity index is 1.61. The van der Waals surface area contributed by atoms with Crippen molar-refractivity contribution in [1.29, 1.82) is 0 Å². The second-order valence-corrected chi connectivity index (χ2v) is 6.45. The number of nitro groups is 1. The summed E-state index contributed by atoms with van der Waals surface area (Å²) < 4.78 is 0. The number of aliphatic hydroxyl groups excluding tert-OH is 1. The molecule has 3 rings (SSSR count). The van der Waals surface area contributed by atoms with Crippen molar-refractivity contribution >= 4 is 17.6 Å². The van der Waals surface area contributed by atoms with Crippen molar-refractivity contribution in [3.05, 3.63) is 52.1 Å². The standard InChI is InChI=1S/C17H18N2O6/c20-13(9-3-5-12(6-4-9)19(24)25)8-18-16(21)14-10-1-2-11(7-10)15(14)17(22)23/h1-6,10-11,13-15,20H,7-8H2,(H,18,21)(H,22,23). The number of nitrogens with zero attached hydrogens (tertiary/aromatic N) is 1. The Kier molecular flexibility index (Phi) is 4.54. The van der Waals surface area contributed by atoms with Gasteiger partial charge in [-0.05, 0) is 36.0 Å². The molecular weight excluding hydrogens is 328 g/mol. The number of aliphatic hydroxyl groups is 1. The lowest BCUT2D eigenvalue weighted by atomic mass is 9.82. The highest BCUT2D eigenvalue weighted by Gasteiger charge is 2.51. The third-order valence-corrected chi connectivity index (χ3v) is 5.01. The number of allylic oxidation sites excluding steroid dienone is 2. The van der Waals surface area contributed by atoms with Gasteiger partial charge in [0.15, 0.2) is 0 Å². The number of hydrogen-bond acceptors (Lipinski definition) is 5. The fourth-order valence-corrected chi connectivity index (χ4v) is 3.77. The molecule has 0 aliphatic heterocycles.